The van der Waals surface area contributed by atoms with E-state index < -0.39 is 0 Å². The maximum atomic E-state index is 12.4. The van der Waals surface area contributed by atoms with Gasteiger partial charge in [-0.15, -0.1) is 21.5 Å². The van der Waals surface area contributed by atoms with Crippen LogP contribution in [0.5, 0.6) is 0 Å². The molecule has 28 heavy (non-hydrogen) atoms. The topological polar surface area (TPSA) is 88.9 Å². The van der Waals surface area contributed by atoms with E-state index in [1.807, 2.05) is 11.4 Å². The summed E-state index contributed by atoms with van der Waals surface area (Å²) in [6, 6.07) is 10.5. The summed E-state index contributed by atoms with van der Waals surface area (Å²) < 4.78 is 2.12. The SMILES string of the molecule is O=C(NCc1nnc2n1CCCCC2)c1ccc(NC(=O)c2cccs2)cc1. The molecule has 0 aliphatic carbocycles. The molecule has 7 nitrogen and oxygen atoms in total. The van der Waals surface area contributed by atoms with Crippen molar-refractivity contribution in [2.75, 3.05) is 5.32 Å². The Hall–Kier alpha value is -3.00. The van der Waals surface area contributed by atoms with Crippen molar-refractivity contribution in [1.82, 2.24) is 20.1 Å². The monoisotopic (exact) mass is 395 g/mol. The van der Waals surface area contributed by atoms with Gasteiger partial charge >= 0.3 is 0 Å². The molecule has 3 aromatic rings. The average molecular weight is 395 g/mol. The lowest BCUT2D eigenvalue weighted by Crippen LogP contribution is -2.25. The van der Waals surface area contributed by atoms with Crippen LogP contribution in [0, 0.1) is 0 Å². The zero-order valence-electron chi connectivity index (χ0n) is 15.4. The Morgan fingerprint density at radius 1 is 1.04 bits per heavy atom. The first kappa shape index (κ1) is 18.4. The predicted molar refractivity (Wildman–Crippen MR) is 107 cm³/mol. The number of carbonyl (C=O) groups is 2. The van der Waals surface area contributed by atoms with Gasteiger partial charge in [0, 0.05) is 24.2 Å². The van der Waals surface area contributed by atoms with Crippen LogP contribution >= 0.6 is 11.3 Å². The van der Waals surface area contributed by atoms with Crippen LogP contribution < -0.4 is 10.6 Å². The molecule has 2 N–H and O–H groups in total. The van der Waals surface area contributed by atoms with E-state index in [4.69, 9.17) is 0 Å². The van der Waals surface area contributed by atoms with Gasteiger partial charge in [-0.2, -0.15) is 0 Å². The number of thiophene rings is 1. The van der Waals surface area contributed by atoms with Crippen molar-refractivity contribution in [2.45, 2.75) is 38.8 Å². The number of anilines is 1. The Kier molecular flexibility index (Phi) is 5.48. The van der Waals surface area contributed by atoms with E-state index in [0.717, 1.165) is 37.5 Å². The minimum absolute atomic E-state index is 0.153. The number of amides is 2. The lowest BCUT2D eigenvalue weighted by molar-refractivity contribution is 0.0949. The Labute approximate surface area is 166 Å². The van der Waals surface area contributed by atoms with Crippen LogP contribution in [-0.2, 0) is 19.5 Å². The highest BCUT2D eigenvalue weighted by Gasteiger charge is 2.15. The summed E-state index contributed by atoms with van der Waals surface area (Å²) in [6.07, 6.45) is 4.40. The molecule has 0 spiro atoms. The van der Waals surface area contributed by atoms with Gasteiger partial charge in [0.05, 0.1) is 11.4 Å². The van der Waals surface area contributed by atoms with Gasteiger partial charge in [-0.05, 0) is 48.6 Å². The van der Waals surface area contributed by atoms with Crippen molar-refractivity contribution in [2.24, 2.45) is 0 Å². The van der Waals surface area contributed by atoms with Crippen LogP contribution in [0.25, 0.3) is 0 Å². The van der Waals surface area contributed by atoms with E-state index >= 15 is 0 Å². The van der Waals surface area contributed by atoms with E-state index in [2.05, 4.69) is 25.4 Å². The summed E-state index contributed by atoms with van der Waals surface area (Å²) in [5, 5.41) is 16.1. The first-order valence-corrected chi connectivity index (χ1v) is 10.2. The van der Waals surface area contributed by atoms with E-state index in [0.29, 0.717) is 22.7 Å². The highest BCUT2D eigenvalue weighted by Crippen LogP contribution is 2.16. The average Bonchev–Trinajstić information content (AvgIpc) is 3.32. The van der Waals surface area contributed by atoms with Gasteiger partial charge in [0.25, 0.3) is 11.8 Å². The van der Waals surface area contributed by atoms with Gasteiger partial charge in [0.15, 0.2) is 5.82 Å². The first-order chi connectivity index (χ1) is 13.7. The third kappa shape index (κ3) is 4.12. The molecule has 144 valence electrons. The molecule has 1 aliphatic rings. The van der Waals surface area contributed by atoms with Gasteiger partial charge in [0.1, 0.15) is 5.82 Å². The Bertz CT molecular complexity index is 963. The molecule has 0 fully saturated rings. The van der Waals surface area contributed by atoms with Gasteiger partial charge in [0.2, 0.25) is 0 Å². The Balaban J connectivity index is 1.35. The van der Waals surface area contributed by atoms with Crippen LogP contribution in [0.3, 0.4) is 0 Å². The van der Waals surface area contributed by atoms with Crippen molar-refractivity contribution in [3.05, 3.63) is 63.9 Å². The molecule has 4 rings (SSSR count). The highest BCUT2D eigenvalue weighted by atomic mass is 32.1. The zero-order chi connectivity index (χ0) is 19.3. The number of carbonyl (C=O) groups excluding carboxylic acids is 2. The summed E-state index contributed by atoms with van der Waals surface area (Å²) in [6.45, 7) is 1.26. The van der Waals surface area contributed by atoms with Crippen molar-refractivity contribution in [3.63, 3.8) is 0 Å². The van der Waals surface area contributed by atoms with Crippen LogP contribution in [0.2, 0.25) is 0 Å². The standard InChI is InChI=1S/C20H21N5O2S/c26-19(21-13-18-24-23-17-6-2-1-3-11-25(17)18)14-7-9-15(10-8-14)22-20(27)16-5-4-12-28-16/h4-5,7-10,12H,1-3,6,11,13H2,(H,21,26)(H,22,27). The van der Waals surface area contributed by atoms with Crippen molar-refractivity contribution in [1.29, 1.82) is 0 Å². The quantitative estimate of drug-likeness (QED) is 0.694. The number of aryl methyl sites for hydroxylation is 1. The molecule has 1 aliphatic heterocycles. The molecule has 2 aromatic heterocycles. The maximum absolute atomic E-state index is 12.4. The Morgan fingerprint density at radius 3 is 2.68 bits per heavy atom. The molecule has 0 bridgehead atoms. The third-order valence-electron chi connectivity index (χ3n) is 4.74. The van der Waals surface area contributed by atoms with E-state index in [1.165, 1.54) is 17.8 Å². The molecule has 0 saturated carbocycles. The van der Waals surface area contributed by atoms with E-state index in [1.54, 1.807) is 30.3 Å². The van der Waals surface area contributed by atoms with Gasteiger partial charge in [-0.25, -0.2) is 0 Å². The number of nitrogens with zero attached hydrogens (tertiary/aromatic N) is 3. The number of nitrogens with one attached hydrogen (secondary N) is 2. The van der Waals surface area contributed by atoms with Crippen LogP contribution in [0.15, 0.2) is 41.8 Å². The first-order valence-electron chi connectivity index (χ1n) is 9.35. The van der Waals surface area contributed by atoms with Crippen LogP contribution in [0.1, 0.15) is 50.9 Å². The number of fused-ring (bicyclic) bond motifs is 1. The fourth-order valence-corrected chi connectivity index (χ4v) is 3.86. The number of hydrogen-bond acceptors (Lipinski definition) is 5. The van der Waals surface area contributed by atoms with E-state index in [9.17, 15) is 9.59 Å². The minimum atomic E-state index is -0.179. The lowest BCUT2D eigenvalue weighted by Gasteiger charge is -2.09. The predicted octanol–water partition coefficient (Wildman–Crippen LogP) is 3.25. The summed E-state index contributed by atoms with van der Waals surface area (Å²) in [7, 11) is 0. The van der Waals surface area contributed by atoms with Gasteiger partial charge < -0.3 is 15.2 Å². The van der Waals surface area contributed by atoms with Crippen LogP contribution in [0.4, 0.5) is 5.69 Å². The molecular weight excluding hydrogens is 374 g/mol. The lowest BCUT2D eigenvalue weighted by atomic mass is 10.2. The van der Waals surface area contributed by atoms with E-state index in [-0.39, 0.29) is 11.8 Å². The number of aromatic nitrogens is 3. The zero-order valence-corrected chi connectivity index (χ0v) is 16.2. The number of benzene rings is 1. The molecular formula is C20H21N5O2S. The molecule has 8 heteroatoms. The molecule has 2 amide bonds. The normalized spacial score (nSPS) is 13.4. The molecule has 1 aromatic carbocycles. The maximum Gasteiger partial charge on any atom is 0.265 e. The summed E-state index contributed by atoms with van der Waals surface area (Å²) in [4.78, 5) is 25.2. The summed E-state index contributed by atoms with van der Waals surface area (Å²) in [5.41, 5.74) is 1.18. The number of hydrogen-bond donors (Lipinski definition) is 2. The molecule has 0 saturated heterocycles. The van der Waals surface area contributed by atoms with Gasteiger partial charge in [-0.3, -0.25) is 9.59 Å². The van der Waals surface area contributed by atoms with Crippen molar-refractivity contribution < 1.29 is 9.59 Å². The fraction of sp³-hybridized carbons (Fsp3) is 0.300. The second-order valence-electron chi connectivity index (χ2n) is 6.69. The molecule has 0 unspecified atom stereocenters. The molecule has 0 atom stereocenters. The van der Waals surface area contributed by atoms with Crippen LogP contribution in [-0.4, -0.2) is 26.6 Å². The fourth-order valence-electron chi connectivity index (χ4n) is 3.24. The van der Waals surface area contributed by atoms with Gasteiger partial charge in [-0.1, -0.05) is 12.5 Å². The second-order valence-corrected chi connectivity index (χ2v) is 7.63. The third-order valence-corrected chi connectivity index (χ3v) is 5.61. The van der Waals surface area contributed by atoms with Crippen molar-refractivity contribution >= 4 is 28.8 Å². The molecule has 0 radical (unpaired) electrons. The number of rotatable bonds is 5. The largest absolute Gasteiger partial charge is 0.345 e. The highest BCUT2D eigenvalue weighted by molar-refractivity contribution is 7.12. The summed E-state index contributed by atoms with van der Waals surface area (Å²) in [5.74, 6) is 1.47. The Morgan fingerprint density at radius 2 is 1.89 bits per heavy atom. The molecule has 3 heterocycles. The second kappa shape index (κ2) is 8.35. The van der Waals surface area contributed by atoms with Crippen molar-refractivity contribution in [3.8, 4) is 0 Å². The summed E-state index contributed by atoms with van der Waals surface area (Å²) >= 11 is 1.39. The smallest absolute Gasteiger partial charge is 0.265 e. The minimum Gasteiger partial charge on any atom is -0.345 e.